The van der Waals surface area contributed by atoms with Gasteiger partial charge in [-0.2, -0.15) is 5.10 Å². The molecule has 0 saturated carbocycles. The van der Waals surface area contributed by atoms with E-state index in [1.807, 2.05) is 67.0 Å². The van der Waals surface area contributed by atoms with Crippen molar-refractivity contribution in [1.82, 2.24) is 30.5 Å². The van der Waals surface area contributed by atoms with Crippen molar-refractivity contribution in [3.63, 3.8) is 0 Å². The highest BCUT2D eigenvalue weighted by atomic mass is 32.2. The minimum Gasteiger partial charge on any atom is -0.353 e. The van der Waals surface area contributed by atoms with Crippen LogP contribution in [0.5, 0.6) is 0 Å². The normalized spacial score (nSPS) is 11.9. The lowest BCUT2D eigenvalue weighted by molar-refractivity contribution is 0.600. The molecule has 0 saturated heterocycles. The molecule has 3 aromatic carbocycles. The molecule has 0 aliphatic rings. The Morgan fingerprint density at radius 2 is 1.61 bits per heavy atom. The SMILES string of the molecule is CS(=O)(=O)CCc1cc(F)cc(-c2cccc3[nH]c(-c4n[nH]c5cnc(-c6cncc(CNCc7ccccc7)c6)cc45)cc23)c1. The van der Waals surface area contributed by atoms with Crippen molar-refractivity contribution in [2.75, 3.05) is 12.0 Å². The molecule has 0 amide bonds. The summed E-state index contributed by atoms with van der Waals surface area (Å²) in [6.07, 6.45) is 6.88. The molecule has 230 valence electrons. The summed E-state index contributed by atoms with van der Waals surface area (Å²) in [5, 5.41) is 13.0. The number of hydrogen-bond donors (Lipinski definition) is 3. The molecule has 0 atom stereocenters. The first-order valence-corrected chi connectivity index (χ1v) is 17.0. The Labute approximate surface area is 265 Å². The summed E-state index contributed by atoms with van der Waals surface area (Å²) >= 11 is 0. The maximum absolute atomic E-state index is 14.7. The molecule has 0 spiro atoms. The predicted molar refractivity (Wildman–Crippen MR) is 180 cm³/mol. The van der Waals surface area contributed by atoms with Crippen LogP contribution in [0.4, 0.5) is 4.39 Å². The fraction of sp³-hybridized carbons (Fsp3) is 0.139. The van der Waals surface area contributed by atoms with Crippen LogP contribution >= 0.6 is 0 Å². The molecule has 10 heteroatoms. The van der Waals surface area contributed by atoms with Crippen LogP contribution in [-0.4, -0.2) is 45.6 Å². The highest BCUT2D eigenvalue weighted by Gasteiger charge is 2.16. The molecule has 8 nitrogen and oxygen atoms in total. The summed E-state index contributed by atoms with van der Waals surface area (Å²) in [6.45, 7) is 1.44. The van der Waals surface area contributed by atoms with Crippen LogP contribution in [-0.2, 0) is 29.3 Å². The number of pyridine rings is 2. The van der Waals surface area contributed by atoms with Gasteiger partial charge in [-0.05, 0) is 70.6 Å². The van der Waals surface area contributed by atoms with Gasteiger partial charge in [0.1, 0.15) is 21.3 Å². The van der Waals surface area contributed by atoms with Gasteiger partial charge in [0.2, 0.25) is 0 Å². The number of rotatable bonds is 10. The van der Waals surface area contributed by atoms with Crippen molar-refractivity contribution < 1.29 is 12.8 Å². The van der Waals surface area contributed by atoms with Crippen LogP contribution < -0.4 is 5.32 Å². The number of aromatic nitrogens is 5. The number of nitrogens with zero attached hydrogens (tertiary/aromatic N) is 3. The van der Waals surface area contributed by atoms with E-state index >= 15 is 0 Å². The van der Waals surface area contributed by atoms with Crippen molar-refractivity contribution >= 4 is 31.6 Å². The molecular weight excluding hydrogens is 600 g/mol. The second kappa shape index (κ2) is 12.3. The van der Waals surface area contributed by atoms with Crippen LogP contribution in [0, 0.1) is 5.82 Å². The molecule has 3 N–H and O–H groups in total. The lowest BCUT2D eigenvalue weighted by atomic mass is 9.98. The Bertz CT molecular complexity index is 2300. The van der Waals surface area contributed by atoms with E-state index in [1.165, 1.54) is 24.0 Å². The Kier molecular flexibility index (Phi) is 7.90. The van der Waals surface area contributed by atoms with Gasteiger partial charge in [0, 0.05) is 53.6 Å². The van der Waals surface area contributed by atoms with Crippen molar-refractivity contribution in [3.8, 4) is 33.8 Å². The maximum atomic E-state index is 14.7. The summed E-state index contributed by atoms with van der Waals surface area (Å²) < 4.78 is 38.1. The van der Waals surface area contributed by atoms with E-state index in [4.69, 9.17) is 0 Å². The highest BCUT2D eigenvalue weighted by Crippen LogP contribution is 2.35. The predicted octanol–water partition coefficient (Wildman–Crippen LogP) is 6.85. The lowest BCUT2D eigenvalue weighted by Gasteiger charge is -2.08. The molecular formula is C36H31FN6O2S. The Morgan fingerprint density at radius 1 is 0.783 bits per heavy atom. The van der Waals surface area contributed by atoms with Gasteiger partial charge in [-0.1, -0.05) is 48.5 Å². The van der Waals surface area contributed by atoms with Crippen LogP contribution in [0.3, 0.4) is 0 Å². The number of H-pyrrole nitrogens is 2. The monoisotopic (exact) mass is 630 g/mol. The number of nitrogens with one attached hydrogen (secondary N) is 3. The van der Waals surface area contributed by atoms with Gasteiger partial charge in [0.15, 0.2) is 0 Å². The first kappa shape index (κ1) is 29.5. The molecule has 4 aromatic heterocycles. The third-order valence-corrected chi connectivity index (χ3v) is 8.93. The zero-order valence-electron chi connectivity index (χ0n) is 25.1. The summed E-state index contributed by atoms with van der Waals surface area (Å²) in [4.78, 5) is 12.6. The molecule has 0 aliphatic carbocycles. The molecule has 0 aliphatic heterocycles. The molecule has 0 fully saturated rings. The summed E-state index contributed by atoms with van der Waals surface area (Å²) in [7, 11) is -3.17. The van der Waals surface area contributed by atoms with Crippen LogP contribution in [0.2, 0.25) is 0 Å². The van der Waals surface area contributed by atoms with Gasteiger partial charge in [-0.25, -0.2) is 12.8 Å². The molecule has 4 heterocycles. The van der Waals surface area contributed by atoms with Gasteiger partial charge in [-0.15, -0.1) is 0 Å². The van der Waals surface area contributed by atoms with E-state index < -0.39 is 15.7 Å². The third kappa shape index (κ3) is 6.44. The first-order valence-electron chi connectivity index (χ1n) is 14.9. The molecule has 7 aromatic rings. The van der Waals surface area contributed by atoms with Crippen LogP contribution in [0.25, 0.3) is 55.6 Å². The fourth-order valence-corrected chi connectivity index (χ4v) is 6.35. The second-order valence-corrected chi connectivity index (χ2v) is 13.8. The van der Waals surface area contributed by atoms with Crippen molar-refractivity contribution in [3.05, 3.63) is 126 Å². The van der Waals surface area contributed by atoms with Gasteiger partial charge in [-0.3, -0.25) is 15.1 Å². The van der Waals surface area contributed by atoms with Crippen LogP contribution in [0.15, 0.2) is 104 Å². The van der Waals surface area contributed by atoms with Gasteiger partial charge >= 0.3 is 0 Å². The minimum absolute atomic E-state index is 0.0387. The summed E-state index contributed by atoms with van der Waals surface area (Å²) in [6, 6.07) is 26.9. The molecule has 0 unspecified atom stereocenters. The number of hydrogen-bond acceptors (Lipinski definition) is 6. The maximum Gasteiger partial charge on any atom is 0.147 e. The number of sulfone groups is 1. The van der Waals surface area contributed by atoms with E-state index in [0.717, 1.165) is 62.1 Å². The van der Waals surface area contributed by atoms with Crippen molar-refractivity contribution in [2.24, 2.45) is 0 Å². The van der Waals surface area contributed by atoms with Crippen LogP contribution in [0.1, 0.15) is 16.7 Å². The number of aromatic amines is 2. The summed E-state index contributed by atoms with van der Waals surface area (Å²) in [5.74, 6) is -0.444. The lowest BCUT2D eigenvalue weighted by Crippen LogP contribution is -2.12. The fourth-order valence-electron chi connectivity index (χ4n) is 5.74. The summed E-state index contributed by atoms with van der Waals surface area (Å²) in [5.41, 5.74) is 9.34. The number of halogens is 1. The van der Waals surface area contributed by atoms with Crippen molar-refractivity contribution in [2.45, 2.75) is 19.5 Å². The topological polar surface area (TPSA) is 116 Å². The van der Waals surface area contributed by atoms with E-state index in [2.05, 4.69) is 48.7 Å². The minimum atomic E-state index is -3.17. The Morgan fingerprint density at radius 3 is 2.46 bits per heavy atom. The average Bonchev–Trinajstić information content (AvgIpc) is 3.68. The zero-order valence-corrected chi connectivity index (χ0v) is 25.9. The quantitative estimate of drug-likeness (QED) is 0.152. The van der Waals surface area contributed by atoms with E-state index in [9.17, 15) is 12.8 Å². The van der Waals surface area contributed by atoms with Crippen molar-refractivity contribution in [1.29, 1.82) is 0 Å². The van der Waals surface area contributed by atoms with E-state index in [-0.39, 0.29) is 12.2 Å². The number of aryl methyl sites for hydroxylation is 1. The van der Waals surface area contributed by atoms with Gasteiger partial charge in [0.05, 0.1) is 28.9 Å². The van der Waals surface area contributed by atoms with E-state index in [1.54, 1.807) is 6.20 Å². The molecule has 0 bridgehead atoms. The number of fused-ring (bicyclic) bond motifs is 2. The highest BCUT2D eigenvalue weighted by molar-refractivity contribution is 7.90. The number of benzene rings is 3. The average molecular weight is 631 g/mol. The Balaban J connectivity index is 1.19. The largest absolute Gasteiger partial charge is 0.353 e. The molecule has 7 rings (SSSR count). The Hall–Kier alpha value is -5.19. The molecule has 46 heavy (non-hydrogen) atoms. The smallest absolute Gasteiger partial charge is 0.147 e. The first-order chi connectivity index (χ1) is 22.3. The van der Waals surface area contributed by atoms with Gasteiger partial charge < -0.3 is 10.3 Å². The molecule has 0 radical (unpaired) electrons. The standard InChI is InChI=1S/C36H31FN6O2S/c1-46(44,45)11-10-24-12-26(15-28(37)14-24)29-8-5-9-32-30(29)16-34(41-32)36-31-17-33(40-22-35(31)42-43-36)27-13-25(20-39-21-27)19-38-18-23-6-3-2-4-7-23/h2-9,12-17,20-22,38,41H,10-11,18-19H2,1H3,(H,42,43). The van der Waals surface area contributed by atoms with Gasteiger partial charge in [0.25, 0.3) is 0 Å². The zero-order chi connectivity index (χ0) is 31.7. The third-order valence-electron chi connectivity index (χ3n) is 7.99. The van der Waals surface area contributed by atoms with E-state index in [0.29, 0.717) is 17.7 Å². The second-order valence-electron chi connectivity index (χ2n) is 11.5.